The largest absolute Gasteiger partial charge is 0.358 e. The Balaban J connectivity index is 1.27. The van der Waals surface area contributed by atoms with Gasteiger partial charge in [-0.3, -0.25) is 0 Å². The van der Waals surface area contributed by atoms with Gasteiger partial charge >= 0.3 is 6.03 Å². The molecule has 2 heterocycles. The molecule has 0 bridgehead atoms. The zero-order valence-electron chi connectivity index (χ0n) is 15.2. The number of carbonyl (C=O) groups excluding carboxylic acids is 1. The van der Waals surface area contributed by atoms with Crippen LogP contribution in [0.4, 0.5) is 9.18 Å². The van der Waals surface area contributed by atoms with Crippen LogP contribution in [0, 0.1) is 5.82 Å². The highest BCUT2D eigenvalue weighted by molar-refractivity contribution is 5.80. The van der Waals surface area contributed by atoms with Gasteiger partial charge in [0, 0.05) is 36.8 Å². The molecule has 0 spiro atoms. The molecule has 1 aliphatic heterocycles. The number of aromatic nitrogens is 1. The number of hydrogen-bond donors (Lipinski definition) is 2. The maximum atomic E-state index is 13.6. The van der Waals surface area contributed by atoms with Gasteiger partial charge in [-0.15, -0.1) is 0 Å². The van der Waals surface area contributed by atoms with Gasteiger partial charge in [0.05, 0.1) is 0 Å². The summed E-state index contributed by atoms with van der Waals surface area (Å²) in [6, 6.07) is 17.2. The van der Waals surface area contributed by atoms with Crippen molar-refractivity contribution in [3.63, 3.8) is 0 Å². The van der Waals surface area contributed by atoms with Gasteiger partial charge in [-0.05, 0) is 48.4 Å². The van der Waals surface area contributed by atoms with Crippen molar-refractivity contribution in [3.8, 4) is 0 Å². The second kappa shape index (κ2) is 7.82. The number of amides is 2. The molecule has 2 N–H and O–H groups in total. The van der Waals surface area contributed by atoms with E-state index in [4.69, 9.17) is 0 Å². The van der Waals surface area contributed by atoms with Crippen molar-refractivity contribution < 1.29 is 9.18 Å². The number of rotatable bonds is 4. The third-order valence-corrected chi connectivity index (χ3v) is 5.40. The lowest BCUT2D eigenvalue weighted by Gasteiger charge is -2.31. The summed E-state index contributed by atoms with van der Waals surface area (Å²) in [5, 5.41) is 4.15. The molecule has 1 fully saturated rings. The molecule has 1 saturated heterocycles. The predicted octanol–water partition coefficient (Wildman–Crippen LogP) is 4.44. The standard InChI is InChI=1S/C22H24FN3O/c23-19-7-3-1-5-16(19)9-12-24-22(27)26-13-10-17(11-14-26)21-15-18-6-2-4-8-20(18)25-21/h1-8,15,17,25H,9-14H2,(H,24,27). The second-order valence-electron chi connectivity index (χ2n) is 7.15. The number of carbonyl (C=O) groups is 1. The summed E-state index contributed by atoms with van der Waals surface area (Å²) in [4.78, 5) is 17.7. The third kappa shape index (κ3) is 3.97. The van der Waals surface area contributed by atoms with E-state index < -0.39 is 0 Å². The highest BCUT2D eigenvalue weighted by Crippen LogP contribution is 2.29. The molecule has 0 atom stereocenters. The minimum atomic E-state index is -0.217. The Kier molecular flexibility index (Phi) is 5.10. The van der Waals surface area contributed by atoms with E-state index in [9.17, 15) is 9.18 Å². The van der Waals surface area contributed by atoms with Crippen LogP contribution in [0.1, 0.15) is 30.0 Å². The summed E-state index contributed by atoms with van der Waals surface area (Å²) >= 11 is 0. The number of likely N-dealkylation sites (tertiary alicyclic amines) is 1. The molecule has 1 aromatic heterocycles. The first-order valence-corrected chi connectivity index (χ1v) is 9.54. The number of nitrogens with zero attached hydrogens (tertiary/aromatic N) is 1. The van der Waals surface area contributed by atoms with Gasteiger partial charge in [0.25, 0.3) is 0 Å². The number of para-hydroxylation sites is 1. The van der Waals surface area contributed by atoms with Crippen LogP contribution >= 0.6 is 0 Å². The molecule has 4 nitrogen and oxygen atoms in total. The van der Waals surface area contributed by atoms with E-state index in [0.29, 0.717) is 24.4 Å². The summed E-state index contributed by atoms with van der Waals surface area (Å²) in [7, 11) is 0. The summed E-state index contributed by atoms with van der Waals surface area (Å²) in [5.41, 5.74) is 3.06. The molecule has 2 aromatic carbocycles. The summed E-state index contributed by atoms with van der Waals surface area (Å²) in [5.74, 6) is 0.241. The van der Waals surface area contributed by atoms with Crippen LogP contribution in [0.3, 0.4) is 0 Å². The highest BCUT2D eigenvalue weighted by Gasteiger charge is 2.24. The Hall–Kier alpha value is -2.82. The smallest absolute Gasteiger partial charge is 0.317 e. The normalized spacial score (nSPS) is 15.2. The first kappa shape index (κ1) is 17.6. The van der Waals surface area contributed by atoms with Gasteiger partial charge in [0.15, 0.2) is 0 Å². The highest BCUT2D eigenvalue weighted by atomic mass is 19.1. The van der Waals surface area contributed by atoms with Crippen LogP contribution in [-0.4, -0.2) is 35.5 Å². The second-order valence-corrected chi connectivity index (χ2v) is 7.15. The Labute approximate surface area is 158 Å². The van der Waals surface area contributed by atoms with Crippen LogP contribution in [-0.2, 0) is 6.42 Å². The van der Waals surface area contributed by atoms with Crippen LogP contribution in [0.15, 0.2) is 54.6 Å². The van der Waals surface area contributed by atoms with E-state index in [-0.39, 0.29) is 11.8 Å². The van der Waals surface area contributed by atoms with E-state index in [0.717, 1.165) is 25.9 Å². The summed E-state index contributed by atoms with van der Waals surface area (Å²) < 4.78 is 13.6. The van der Waals surface area contributed by atoms with Crippen molar-refractivity contribution in [2.24, 2.45) is 0 Å². The van der Waals surface area contributed by atoms with E-state index >= 15 is 0 Å². The van der Waals surface area contributed by atoms with Gasteiger partial charge in [-0.1, -0.05) is 36.4 Å². The minimum Gasteiger partial charge on any atom is -0.358 e. The number of nitrogens with one attached hydrogen (secondary N) is 2. The van der Waals surface area contributed by atoms with Gasteiger partial charge in [-0.2, -0.15) is 0 Å². The molecular formula is C22H24FN3O. The number of halogens is 1. The molecule has 0 saturated carbocycles. The molecule has 5 heteroatoms. The van der Waals surface area contributed by atoms with Gasteiger partial charge in [0.1, 0.15) is 5.82 Å². The molecular weight excluding hydrogens is 341 g/mol. The Morgan fingerprint density at radius 3 is 2.63 bits per heavy atom. The lowest BCUT2D eigenvalue weighted by Crippen LogP contribution is -2.44. The number of piperidine rings is 1. The molecule has 140 valence electrons. The van der Waals surface area contributed by atoms with Gasteiger partial charge in [0.2, 0.25) is 0 Å². The number of aromatic amines is 1. The molecule has 3 aromatic rings. The maximum absolute atomic E-state index is 13.6. The minimum absolute atomic E-state index is 0.0542. The van der Waals surface area contributed by atoms with E-state index in [1.54, 1.807) is 12.1 Å². The zero-order chi connectivity index (χ0) is 18.6. The number of fused-ring (bicyclic) bond motifs is 1. The van der Waals surface area contributed by atoms with Gasteiger partial charge in [-0.25, -0.2) is 9.18 Å². The molecule has 0 radical (unpaired) electrons. The fraction of sp³-hybridized carbons (Fsp3) is 0.318. The van der Waals surface area contributed by atoms with Crippen LogP contribution in [0.5, 0.6) is 0 Å². The average molecular weight is 365 g/mol. The fourth-order valence-corrected chi connectivity index (χ4v) is 3.83. The number of urea groups is 1. The third-order valence-electron chi connectivity index (χ3n) is 5.40. The lowest BCUT2D eigenvalue weighted by molar-refractivity contribution is 0.181. The summed E-state index contributed by atoms with van der Waals surface area (Å²) in [6.07, 6.45) is 2.41. The number of H-pyrrole nitrogens is 1. The van der Waals surface area contributed by atoms with Crippen molar-refractivity contribution in [1.29, 1.82) is 0 Å². The molecule has 0 unspecified atom stereocenters. The Morgan fingerprint density at radius 2 is 1.85 bits per heavy atom. The van der Waals surface area contributed by atoms with E-state index in [1.807, 2.05) is 23.1 Å². The molecule has 1 aliphatic rings. The van der Waals surface area contributed by atoms with Crippen molar-refractivity contribution in [2.75, 3.05) is 19.6 Å². The number of hydrogen-bond acceptors (Lipinski definition) is 1. The Morgan fingerprint density at radius 1 is 1.11 bits per heavy atom. The first-order valence-electron chi connectivity index (χ1n) is 9.54. The predicted molar refractivity (Wildman–Crippen MR) is 105 cm³/mol. The van der Waals surface area contributed by atoms with E-state index in [1.165, 1.54) is 22.7 Å². The lowest BCUT2D eigenvalue weighted by atomic mass is 9.94. The SMILES string of the molecule is O=C(NCCc1ccccc1F)N1CCC(c2cc3ccccc3[nH]2)CC1. The average Bonchev–Trinajstić information content (AvgIpc) is 3.14. The molecule has 4 rings (SSSR count). The zero-order valence-corrected chi connectivity index (χ0v) is 15.2. The monoisotopic (exact) mass is 365 g/mol. The van der Waals surface area contributed by atoms with Crippen LogP contribution in [0.25, 0.3) is 10.9 Å². The van der Waals surface area contributed by atoms with Crippen molar-refractivity contribution in [2.45, 2.75) is 25.2 Å². The first-order chi connectivity index (χ1) is 13.2. The van der Waals surface area contributed by atoms with Crippen molar-refractivity contribution in [3.05, 3.63) is 71.7 Å². The summed E-state index contributed by atoms with van der Waals surface area (Å²) in [6.45, 7) is 1.93. The fourth-order valence-electron chi connectivity index (χ4n) is 3.83. The molecule has 27 heavy (non-hydrogen) atoms. The van der Waals surface area contributed by atoms with Crippen molar-refractivity contribution in [1.82, 2.24) is 15.2 Å². The van der Waals surface area contributed by atoms with Crippen molar-refractivity contribution >= 4 is 16.9 Å². The Bertz CT molecular complexity index is 895. The van der Waals surface area contributed by atoms with Gasteiger partial charge < -0.3 is 15.2 Å². The molecule has 0 aliphatic carbocycles. The molecule has 2 amide bonds. The van der Waals surface area contributed by atoms with Crippen LogP contribution in [0.2, 0.25) is 0 Å². The van der Waals surface area contributed by atoms with E-state index in [2.05, 4.69) is 28.5 Å². The quantitative estimate of drug-likeness (QED) is 0.706. The van der Waals surface area contributed by atoms with Crippen LogP contribution < -0.4 is 5.32 Å². The number of benzene rings is 2. The topological polar surface area (TPSA) is 48.1 Å². The maximum Gasteiger partial charge on any atom is 0.317 e.